The number of sulfonamides is 1. The van der Waals surface area contributed by atoms with Crippen LogP contribution in [0, 0.1) is 0 Å². The number of rotatable bonds is 11. The third-order valence-electron chi connectivity index (χ3n) is 5.70. The molecule has 0 spiro atoms. The van der Waals surface area contributed by atoms with Crippen molar-refractivity contribution in [3.05, 3.63) is 42.0 Å². The topological polar surface area (TPSA) is 142 Å². The minimum Gasteiger partial charge on any atom is -0.493 e. The third kappa shape index (κ3) is 6.61. The van der Waals surface area contributed by atoms with Gasteiger partial charge in [0, 0.05) is 19.2 Å². The summed E-state index contributed by atoms with van der Waals surface area (Å²) >= 11 is 0. The summed E-state index contributed by atoms with van der Waals surface area (Å²) < 4.78 is 53.8. The SMILES string of the molecule is COc1ccc(CCNC(=O)C(=O)NC[C@@H]2OCCN2S(=O)(=O)c2ccc(OC)c(OC)c2)cc1OC. The van der Waals surface area contributed by atoms with Gasteiger partial charge in [0.15, 0.2) is 23.0 Å². The van der Waals surface area contributed by atoms with Crippen molar-refractivity contribution in [1.82, 2.24) is 14.9 Å². The molecule has 37 heavy (non-hydrogen) atoms. The number of hydrogen-bond donors (Lipinski definition) is 2. The van der Waals surface area contributed by atoms with Crippen LogP contribution in [0.15, 0.2) is 41.3 Å². The second-order valence-corrected chi connectivity index (χ2v) is 9.75. The van der Waals surface area contributed by atoms with Crippen molar-refractivity contribution in [3.63, 3.8) is 0 Å². The lowest BCUT2D eigenvalue weighted by atomic mass is 10.1. The monoisotopic (exact) mass is 537 g/mol. The normalized spacial score (nSPS) is 15.6. The van der Waals surface area contributed by atoms with Crippen LogP contribution in [0.3, 0.4) is 0 Å². The summed E-state index contributed by atoms with van der Waals surface area (Å²) in [5.74, 6) is 0.0663. The Hall–Kier alpha value is -3.55. The second-order valence-electron chi connectivity index (χ2n) is 7.86. The number of benzene rings is 2. The lowest BCUT2D eigenvalue weighted by Gasteiger charge is -2.23. The van der Waals surface area contributed by atoms with E-state index in [0.717, 1.165) is 9.87 Å². The zero-order chi connectivity index (χ0) is 27.0. The molecule has 202 valence electrons. The third-order valence-corrected chi connectivity index (χ3v) is 7.58. The summed E-state index contributed by atoms with van der Waals surface area (Å²) in [4.78, 5) is 24.5. The molecule has 2 amide bonds. The van der Waals surface area contributed by atoms with Crippen molar-refractivity contribution in [3.8, 4) is 23.0 Å². The van der Waals surface area contributed by atoms with E-state index in [9.17, 15) is 18.0 Å². The van der Waals surface area contributed by atoms with Crippen LogP contribution in [-0.4, -0.2) is 85.4 Å². The fourth-order valence-corrected chi connectivity index (χ4v) is 5.28. The first-order valence-corrected chi connectivity index (χ1v) is 12.8. The number of amides is 2. The van der Waals surface area contributed by atoms with Gasteiger partial charge in [0.25, 0.3) is 0 Å². The Kier molecular flexibility index (Phi) is 9.55. The van der Waals surface area contributed by atoms with Crippen LogP contribution in [0.1, 0.15) is 5.56 Å². The maximum atomic E-state index is 13.2. The molecule has 1 saturated heterocycles. The molecule has 1 aliphatic heterocycles. The number of carbonyl (C=O) groups excluding carboxylic acids is 2. The Bertz CT molecular complexity index is 1220. The number of methoxy groups -OCH3 is 4. The van der Waals surface area contributed by atoms with Gasteiger partial charge in [0.05, 0.1) is 46.5 Å². The first kappa shape index (κ1) is 28.0. The van der Waals surface area contributed by atoms with Gasteiger partial charge in [0.1, 0.15) is 6.23 Å². The van der Waals surface area contributed by atoms with Crippen LogP contribution in [-0.2, 0) is 30.8 Å². The smallest absolute Gasteiger partial charge is 0.309 e. The minimum atomic E-state index is -3.97. The van der Waals surface area contributed by atoms with E-state index in [1.165, 1.54) is 46.6 Å². The van der Waals surface area contributed by atoms with Crippen LogP contribution >= 0.6 is 0 Å². The molecule has 2 aromatic rings. The molecule has 0 unspecified atom stereocenters. The number of ether oxygens (including phenoxy) is 5. The molecule has 0 radical (unpaired) electrons. The molecule has 12 nitrogen and oxygen atoms in total. The summed E-state index contributed by atoms with van der Waals surface area (Å²) in [5, 5.41) is 4.98. The summed E-state index contributed by atoms with van der Waals surface area (Å²) in [6, 6.07) is 9.62. The van der Waals surface area contributed by atoms with Gasteiger partial charge in [-0.2, -0.15) is 4.31 Å². The number of nitrogens with one attached hydrogen (secondary N) is 2. The molecular formula is C24H31N3O9S. The van der Waals surface area contributed by atoms with Crippen molar-refractivity contribution < 1.29 is 41.7 Å². The molecule has 3 rings (SSSR count). The zero-order valence-corrected chi connectivity index (χ0v) is 21.9. The first-order chi connectivity index (χ1) is 17.7. The molecule has 2 aromatic carbocycles. The van der Waals surface area contributed by atoms with Crippen LogP contribution in [0.25, 0.3) is 0 Å². The van der Waals surface area contributed by atoms with Crippen molar-refractivity contribution >= 4 is 21.8 Å². The van der Waals surface area contributed by atoms with Gasteiger partial charge >= 0.3 is 11.8 Å². The van der Waals surface area contributed by atoms with E-state index in [1.54, 1.807) is 12.1 Å². The number of nitrogens with zero attached hydrogens (tertiary/aromatic N) is 1. The molecular weight excluding hydrogens is 506 g/mol. The Morgan fingerprint density at radius 3 is 2.14 bits per heavy atom. The number of hydrogen-bond acceptors (Lipinski definition) is 9. The number of carbonyl (C=O) groups is 2. The van der Waals surface area contributed by atoms with Crippen molar-refractivity contribution in [2.24, 2.45) is 0 Å². The van der Waals surface area contributed by atoms with Crippen molar-refractivity contribution in [2.45, 2.75) is 17.5 Å². The van der Waals surface area contributed by atoms with E-state index in [0.29, 0.717) is 23.7 Å². The highest BCUT2D eigenvalue weighted by Crippen LogP contribution is 2.32. The van der Waals surface area contributed by atoms with E-state index in [-0.39, 0.29) is 36.9 Å². The maximum absolute atomic E-state index is 13.2. The molecule has 1 heterocycles. The largest absolute Gasteiger partial charge is 0.493 e. The second kappa shape index (κ2) is 12.6. The van der Waals surface area contributed by atoms with Crippen LogP contribution in [0.5, 0.6) is 23.0 Å². The Morgan fingerprint density at radius 1 is 0.892 bits per heavy atom. The predicted octanol–water partition coefficient (Wildman–Crippen LogP) is 0.543. The highest BCUT2D eigenvalue weighted by molar-refractivity contribution is 7.89. The Balaban J connectivity index is 1.54. The van der Waals surface area contributed by atoms with Crippen LogP contribution in [0.4, 0.5) is 0 Å². The molecule has 1 fully saturated rings. The maximum Gasteiger partial charge on any atom is 0.309 e. The van der Waals surface area contributed by atoms with Gasteiger partial charge in [-0.3, -0.25) is 9.59 Å². The molecule has 0 saturated carbocycles. The van der Waals surface area contributed by atoms with Crippen LogP contribution in [0.2, 0.25) is 0 Å². The zero-order valence-electron chi connectivity index (χ0n) is 21.1. The predicted molar refractivity (Wildman–Crippen MR) is 132 cm³/mol. The van der Waals surface area contributed by atoms with Crippen molar-refractivity contribution in [2.75, 3.05) is 54.7 Å². The summed E-state index contributed by atoms with van der Waals surface area (Å²) in [6.45, 7) is 0.245. The summed E-state index contributed by atoms with van der Waals surface area (Å²) in [6.07, 6.45) is -0.510. The fraction of sp³-hybridized carbons (Fsp3) is 0.417. The fourth-order valence-electron chi connectivity index (χ4n) is 3.75. The molecule has 2 N–H and O–H groups in total. The Morgan fingerprint density at radius 2 is 1.49 bits per heavy atom. The summed E-state index contributed by atoms with van der Waals surface area (Å²) in [5.41, 5.74) is 0.883. The van der Waals surface area contributed by atoms with Gasteiger partial charge in [0.2, 0.25) is 10.0 Å². The average molecular weight is 538 g/mol. The summed E-state index contributed by atoms with van der Waals surface area (Å²) in [7, 11) is 1.96. The van der Waals surface area contributed by atoms with Gasteiger partial charge in [-0.25, -0.2) is 8.42 Å². The molecule has 0 aliphatic carbocycles. The van der Waals surface area contributed by atoms with E-state index >= 15 is 0 Å². The molecule has 0 aromatic heterocycles. The highest BCUT2D eigenvalue weighted by Gasteiger charge is 2.37. The van der Waals surface area contributed by atoms with E-state index < -0.39 is 28.1 Å². The molecule has 0 bridgehead atoms. The average Bonchev–Trinajstić information content (AvgIpc) is 3.40. The first-order valence-electron chi connectivity index (χ1n) is 11.4. The van der Waals surface area contributed by atoms with E-state index in [4.69, 9.17) is 23.7 Å². The van der Waals surface area contributed by atoms with E-state index in [1.807, 2.05) is 6.07 Å². The standard InChI is InChI=1S/C24H31N3O9S/c1-32-18-7-5-16(13-20(18)34-3)9-10-25-23(28)24(29)26-15-22-27(11-12-36-22)37(30,31)17-6-8-19(33-2)21(14-17)35-4/h5-8,13-14,22H,9-12,15H2,1-4H3,(H,25,28)(H,26,29)/t22-/m0/s1. The minimum absolute atomic E-state index is 0.0140. The molecule has 13 heteroatoms. The van der Waals surface area contributed by atoms with Gasteiger partial charge in [-0.1, -0.05) is 6.07 Å². The van der Waals surface area contributed by atoms with Crippen LogP contribution < -0.4 is 29.6 Å². The highest BCUT2D eigenvalue weighted by atomic mass is 32.2. The molecule has 1 aliphatic rings. The van der Waals surface area contributed by atoms with Crippen molar-refractivity contribution in [1.29, 1.82) is 0 Å². The Labute approximate surface area is 215 Å². The van der Waals surface area contributed by atoms with Gasteiger partial charge in [-0.05, 0) is 36.2 Å². The lowest BCUT2D eigenvalue weighted by molar-refractivity contribution is -0.139. The quantitative estimate of drug-likeness (QED) is 0.393. The van der Waals surface area contributed by atoms with E-state index in [2.05, 4.69) is 10.6 Å². The lowest BCUT2D eigenvalue weighted by Crippen LogP contribution is -2.47. The van der Waals surface area contributed by atoms with Gasteiger partial charge < -0.3 is 34.3 Å². The molecule has 1 atom stereocenters. The van der Waals surface area contributed by atoms with Gasteiger partial charge in [-0.15, -0.1) is 0 Å².